The highest BCUT2D eigenvalue weighted by Gasteiger charge is 2.16. The molecule has 3 aromatic heterocycles. The second kappa shape index (κ2) is 5.23. The molecule has 0 aliphatic carbocycles. The van der Waals surface area contributed by atoms with E-state index in [1.165, 1.54) is 29.6 Å². The Kier molecular flexibility index (Phi) is 3.36. The molecule has 0 fully saturated rings. The molecule has 1 amide bonds. The number of carbonyl (C=O) groups excluding carboxylic acids is 1. The van der Waals surface area contributed by atoms with Gasteiger partial charge in [0.05, 0.1) is 6.33 Å². The highest BCUT2D eigenvalue weighted by atomic mass is 16.2. The number of aryl methyl sites for hydroxylation is 2. The van der Waals surface area contributed by atoms with Crippen LogP contribution < -0.4 is 16.6 Å². The Balaban J connectivity index is 1.96. The minimum atomic E-state index is -0.494. The number of hydrogen-bond donors (Lipinski definition) is 1. The van der Waals surface area contributed by atoms with E-state index in [1.54, 1.807) is 24.0 Å². The maximum absolute atomic E-state index is 12.3. The lowest BCUT2D eigenvalue weighted by Crippen LogP contribution is -2.37. The van der Waals surface area contributed by atoms with Crippen LogP contribution in [0.15, 0.2) is 28.2 Å². The lowest BCUT2D eigenvalue weighted by atomic mass is 10.4. The molecule has 3 heterocycles. The first-order chi connectivity index (χ1) is 10.9. The van der Waals surface area contributed by atoms with E-state index in [1.807, 2.05) is 0 Å². The highest BCUT2D eigenvalue weighted by molar-refractivity contribution is 5.90. The van der Waals surface area contributed by atoms with Crippen LogP contribution in [0.25, 0.3) is 11.2 Å². The van der Waals surface area contributed by atoms with Crippen LogP contribution in [0.2, 0.25) is 0 Å². The molecule has 0 spiro atoms. The van der Waals surface area contributed by atoms with Gasteiger partial charge in [0.2, 0.25) is 5.91 Å². The van der Waals surface area contributed by atoms with E-state index in [0.717, 1.165) is 4.57 Å². The van der Waals surface area contributed by atoms with Crippen molar-refractivity contribution >= 4 is 22.9 Å². The number of rotatable bonds is 3. The minimum Gasteiger partial charge on any atom is -0.315 e. The zero-order valence-electron chi connectivity index (χ0n) is 12.8. The van der Waals surface area contributed by atoms with Crippen molar-refractivity contribution in [1.29, 1.82) is 0 Å². The largest absolute Gasteiger partial charge is 0.332 e. The molecule has 3 aromatic rings. The van der Waals surface area contributed by atoms with Crippen molar-refractivity contribution in [2.75, 3.05) is 5.32 Å². The maximum atomic E-state index is 12.3. The highest BCUT2D eigenvalue weighted by Crippen LogP contribution is 2.06. The lowest BCUT2D eigenvalue weighted by Gasteiger charge is -2.06. The summed E-state index contributed by atoms with van der Waals surface area (Å²) in [6.45, 7) is -0.111. The van der Waals surface area contributed by atoms with Crippen molar-refractivity contribution in [2.24, 2.45) is 21.1 Å². The topological polar surface area (TPSA) is 109 Å². The molecule has 0 saturated heterocycles. The van der Waals surface area contributed by atoms with Crippen molar-refractivity contribution in [3.8, 4) is 0 Å². The molecule has 0 saturated carbocycles. The normalized spacial score (nSPS) is 11.1. The lowest BCUT2D eigenvalue weighted by molar-refractivity contribution is -0.116. The summed E-state index contributed by atoms with van der Waals surface area (Å²) in [6.07, 6.45) is 3.07. The van der Waals surface area contributed by atoms with Gasteiger partial charge >= 0.3 is 5.69 Å². The fourth-order valence-electron chi connectivity index (χ4n) is 2.34. The number of fused-ring (bicyclic) bond motifs is 1. The molecule has 0 aromatic carbocycles. The van der Waals surface area contributed by atoms with Gasteiger partial charge in [-0.2, -0.15) is 5.10 Å². The standard InChI is InChI=1S/C13H15N7O3/c1-17-5-4-8(16-17)15-9(21)6-20-7-14-11-10(20)12(22)19(3)13(23)18(11)2/h4-5,7H,6H2,1-3H3,(H,15,16,21). The van der Waals surface area contributed by atoms with Crippen LogP contribution in [0.1, 0.15) is 0 Å². The van der Waals surface area contributed by atoms with Crippen LogP contribution in [0.4, 0.5) is 5.82 Å². The smallest absolute Gasteiger partial charge is 0.315 e. The molecule has 0 atom stereocenters. The average Bonchev–Trinajstić information content (AvgIpc) is 3.09. The van der Waals surface area contributed by atoms with Gasteiger partial charge in [-0.3, -0.25) is 23.4 Å². The molecule has 0 bridgehead atoms. The molecule has 0 aliphatic rings. The second-order valence-electron chi connectivity index (χ2n) is 5.17. The quantitative estimate of drug-likeness (QED) is 0.653. The number of hydrogen-bond acceptors (Lipinski definition) is 5. The average molecular weight is 317 g/mol. The fraction of sp³-hybridized carbons (Fsp3) is 0.308. The van der Waals surface area contributed by atoms with Crippen LogP contribution in [0, 0.1) is 0 Å². The molecular formula is C13H15N7O3. The fourth-order valence-corrected chi connectivity index (χ4v) is 2.34. The monoisotopic (exact) mass is 317 g/mol. The molecule has 0 radical (unpaired) electrons. The van der Waals surface area contributed by atoms with Crippen molar-refractivity contribution < 1.29 is 4.79 Å². The zero-order valence-corrected chi connectivity index (χ0v) is 12.8. The molecule has 10 heteroatoms. The third-order valence-corrected chi connectivity index (χ3v) is 3.51. The Morgan fingerprint density at radius 2 is 1.96 bits per heavy atom. The summed E-state index contributed by atoms with van der Waals surface area (Å²) in [7, 11) is 4.65. The first kappa shape index (κ1) is 14.8. The summed E-state index contributed by atoms with van der Waals surface area (Å²) in [6, 6.07) is 1.66. The number of anilines is 1. The van der Waals surface area contributed by atoms with Gasteiger partial charge in [0, 0.05) is 33.4 Å². The van der Waals surface area contributed by atoms with Gasteiger partial charge in [0.1, 0.15) is 6.54 Å². The number of nitrogens with zero attached hydrogens (tertiary/aromatic N) is 6. The second-order valence-corrected chi connectivity index (χ2v) is 5.17. The Morgan fingerprint density at radius 1 is 1.22 bits per heavy atom. The Hall–Kier alpha value is -3.17. The van der Waals surface area contributed by atoms with Crippen molar-refractivity contribution in [2.45, 2.75) is 6.54 Å². The summed E-state index contributed by atoms with van der Waals surface area (Å²) < 4.78 is 5.23. The van der Waals surface area contributed by atoms with Crippen molar-refractivity contribution in [3.63, 3.8) is 0 Å². The predicted octanol–water partition coefficient (Wildman–Crippen LogP) is -1.19. The maximum Gasteiger partial charge on any atom is 0.332 e. The molecule has 23 heavy (non-hydrogen) atoms. The van der Waals surface area contributed by atoms with Crippen LogP contribution in [-0.4, -0.2) is 34.4 Å². The van der Waals surface area contributed by atoms with Gasteiger partial charge < -0.3 is 9.88 Å². The zero-order chi connectivity index (χ0) is 16.7. The third kappa shape index (κ3) is 2.43. The number of imidazole rings is 1. The molecule has 0 aliphatic heterocycles. The van der Waals surface area contributed by atoms with E-state index < -0.39 is 11.2 Å². The summed E-state index contributed by atoms with van der Waals surface area (Å²) in [4.78, 5) is 40.3. The van der Waals surface area contributed by atoms with E-state index in [2.05, 4.69) is 15.4 Å². The van der Waals surface area contributed by atoms with E-state index in [0.29, 0.717) is 5.82 Å². The molecule has 1 N–H and O–H groups in total. The predicted molar refractivity (Wildman–Crippen MR) is 82.1 cm³/mol. The number of nitrogens with one attached hydrogen (secondary N) is 1. The van der Waals surface area contributed by atoms with Gasteiger partial charge in [0.15, 0.2) is 17.0 Å². The third-order valence-electron chi connectivity index (χ3n) is 3.51. The molecule has 3 rings (SSSR count). The van der Waals surface area contributed by atoms with Gasteiger partial charge in [-0.15, -0.1) is 0 Å². The molecule has 120 valence electrons. The Morgan fingerprint density at radius 3 is 2.61 bits per heavy atom. The van der Waals surface area contributed by atoms with Crippen molar-refractivity contribution in [1.82, 2.24) is 28.5 Å². The molecule has 0 unspecified atom stereocenters. The minimum absolute atomic E-state index is 0.111. The van der Waals surface area contributed by atoms with Gasteiger partial charge in [-0.05, 0) is 0 Å². The summed E-state index contributed by atoms with van der Waals surface area (Å²) in [5.41, 5.74) is -0.522. The van der Waals surface area contributed by atoms with E-state index in [9.17, 15) is 14.4 Å². The summed E-state index contributed by atoms with van der Waals surface area (Å²) in [5, 5.41) is 6.68. The van der Waals surface area contributed by atoms with Crippen LogP contribution in [-0.2, 0) is 32.5 Å². The number of aromatic nitrogens is 6. The van der Waals surface area contributed by atoms with Crippen molar-refractivity contribution in [3.05, 3.63) is 39.4 Å². The van der Waals surface area contributed by atoms with E-state index in [4.69, 9.17) is 0 Å². The van der Waals surface area contributed by atoms with Crippen LogP contribution in [0.5, 0.6) is 0 Å². The number of amides is 1. The first-order valence-corrected chi connectivity index (χ1v) is 6.79. The summed E-state index contributed by atoms with van der Waals surface area (Å²) >= 11 is 0. The first-order valence-electron chi connectivity index (χ1n) is 6.79. The molecular weight excluding hydrogens is 302 g/mol. The van der Waals surface area contributed by atoms with Crippen LogP contribution >= 0.6 is 0 Å². The van der Waals surface area contributed by atoms with E-state index in [-0.39, 0.29) is 23.6 Å². The van der Waals surface area contributed by atoms with Gasteiger partial charge in [0.25, 0.3) is 5.56 Å². The molecule has 10 nitrogen and oxygen atoms in total. The van der Waals surface area contributed by atoms with Gasteiger partial charge in [-0.25, -0.2) is 9.78 Å². The Labute approximate surface area is 129 Å². The van der Waals surface area contributed by atoms with Crippen LogP contribution in [0.3, 0.4) is 0 Å². The SMILES string of the molecule is Cn1ccc(NC(=O)Cn2cnc3c2c(=O)n(C)c(=O)n3C)n1. The Bertz CT molecular complexity index is 1020. The van der Waals surface area contributed by atoms with Gasteiger partial charge in [-0.1, -0.05) is 0 Å². The van der Waals surface area contributed by atoms with E-state index >= 15 is 0 Å². The number of carbonyl (C=O) groups is 1. The summed E-state index contributed by atoms with van der Waals surface area (Å²) in [5.74, 6) is 0.0705.